The summed E-state index contributed by atoms with van der Waals surface area (Å²) in [6.45, 7) is 1.22. The van der Waals surface area contributed by atoms with E-state index in [1.54, 1.807) is 18.1 Å². The van der Waals surface area contributed by atoms with Gasteiger partial charge in [0, 0.05) is 12.6 Å². The molecule has 0 aliphatic carbocycles. The average molecular weight is 203 g/mol. The molecular formula is C12H13NO2. The molecule has 0 bridgehead atoms. The van der Waals surface area contributed by atoms with Crippen molar-refractivity contribution in [3.8, 4) is 0 Å². The van der Waals surface area contributed by atoms with Gasteiger partial charge in [-0.1, -0.05) is 30.3 Å². The summed E-state index contributed by atoms with van der Waals surface area (Å²) in [5.41, 5.74) is 1.14. The summed E-state index contributed by atoms with van der Waals surface area (Å²) >= 11 is 0. The van der Waals surface area contributed by atoms with Gasteiger partial charge in [-0.3, -0.25) is 4.79 Å². The third-order valence-corrected chi connectivity index (χ3v) is 2.42. The third kappa shape index (κ3) is 2.18. The van der Waals surface area contributed by atoms with Crippen molar-refractivity contribution < 1.29 is 9.53 Å². The number of benzene rings is 1. The predicted octanol–water partition coefficient (Wildman–Crippen LogP) is 1.56. The molecule has 0 fully saturated rings. The second kappa shape index (κ2) is 4.17. The molecular weight excluding hydrogens is 190 g/mol. The maximum atomic E-state index is 11.5. The van der Waals surface area contributed by atoms with Gasteiger partial charge in [0.2, 0.25) is 0 Å². The van der Waals surface area contributed by atoms with E-state index in [0.717, 1.165) is 11.3 Å². The summed E-state index contributed by atoms with van der Waals surface area (Å²) in [7, 11) is 1.59. The number of hydrogen-bond donors (Lipinski definition) is 0. The van der Waals surface area contributed by atoms with Crippen molar-refractivity contribution in [2.45, 2.75) is 6.54 Å². The molecule has 15 heavy (non-hydrogen) atoms. The Labute approximate surface area is 89.0 Å². The number of methoxy groups -OCH3 is 1. The van der Waals surface area contributed by atoms with Crippen LogP contribution in [-0.4, -0.2) is 24.5 Å². The maximum Gasteiger partial charge on any atom is 0.250 e. The van der Waals surface area contributed by atoms with Crippen LogP contribution in [0.1, 0.15) is 5.56 Å². The first-order chi connectivity index (χ1) is 7.29. The van der Waals surface area contributed by atoms with Gasteiger partial charge in [0.15, 0.2) is 0 Å². The van der Waals surface area contributed by atoms with Crippen LogP contribution in [0.5, 0.6) is 0 Å². The van der Waals surface area contributed by atoms with Crippen molar-refractivity contribution in [2.24, 2.45) is 0 Å². The summed E-state index contributed by atoms with van der Waals surface area (Å²) in [4.78, 5) is 13.3. The average Bonchev–Trinajstić information content (AvgIpc) is 2.61. The molecule has 0 N–H and O–H groups in total. The minimum atomic E-state index is 0.0238. The molecule has 0 atom stereocenters. The molecule has 3 heteroatoms. The van der Waals surface area contributed by atoms with Crippen molar-refractivity contribution in [3.05, 3.63) is 47.7 Å². The fourth-order valence-electron chi connectivity index (χ4n) is 1.60. The van der Waals surface area contributed by atoms with Crippen LogP contribution in [0, 0.1) is 0 Å². The Morgan fingerprint density at radius 3 is 2.67 bits per heavy atom. The Balaban J connectivity index is 2.01. The summed E-state index contributed by atoms with van der Waals surface area (Å²) in [5, 5.41) is 0. The number of nitrogens with zero attached hydrogens (tertiary/aromatic N) is 1. The zero-order valence-corrected chi connectivity index (χ0v) is 8.64. The van der Waals surface area contributed by atoms with Crippen LogP contribution in [0.3, 0.4) is 0 Å². The second-order valence-electron chi connectivity index (χ2n) is 3.49. The topological polar surface area (TPSA) is 29.5 Å². The van der Waals surface area contributed by atoms with E-state index in [4.69, 9.17) is 4.74 Å². The lowest BCUT2D eigenvalue weighted by atomic mass is 10.2. The highest BCUT2D eigenvalue weighted by molar-refractivity contribution is 5.90. The van der Waals surface area contributed by atoms with Gasteiger partial charge in [0.1, 0.15) is 5.76 Å². The Morgan fingerprint density at radius 1 is 1.33 bits per heavy atom. The molecule has 0 saturated heterocycles. The highest BCUT2D eigenvalue weighted by Gasteiger charge is 2.21. The van der Waals surface area contributed by atoms with Crippen LogP contribution >= 0.6 is 0 Å². The fraction of sp³-hybridized carbons (Fsp3) is 0.250. The van der Waals surface area contributed by atoms with Crippen LogP contribution in [0.15, 0.2) is 42.2 Å². The standard InChI is InChI=1S/C12H13NO2/c1-15-11-7-12(14)13(9-11)8-10-5-3-2-4-6-10/h2-7H,8-9H2,1H3. The van der Waals surface area contributed by atoms with E-state index in [9.17, 15) is 4.79 Å². The van der Waals surface area contributed by atoms with E-state index in [1.165, 1.54) is 0 Å². The molecule has 0 radical (unpaired) electrons. The summed E-state index contributed by atoms with van der Waals surface area (Å²) < 4.78 is 5.05. The van der Waals surface area contributed by atoms with Crippen LogP contribution in [0.25, 0.3) is 0 Å². The van der Waals surface area contributed by atoms with Crippen molar-refractivity contribution in [3.63, 3.8) is 0 Å². The molecule has 1 aliphatic rings. The zero-order chi connectivity index (χ0) is 10.7. The summed E-state index contributed by atoms with van der Waals surface area (Å²) in [6, 6.07) is 9.94. The lowest BCUT2D eigenvalue weighted by Crippen LogP contribution is -2.25. The van der Waals surface area contributed by atoms with E-state index in [2.05, 4.69) is 0 Å². The van der Waals surface area contributed by atoms with Crippen molar-refractivity contribution >= 4 is 5.91 Å². The minimum absolute atomic E-state index is 0.0238. The van der Waals surface area contributed by atoms with Crippen LogP contribution < -0.4 is 0 Å². The van der Waals surface area contributed by atoms with Gasteiger partial charge in [-0.2, -0.15) is 0 Å². The quantitative estimate of drug-likeness (QED) is 0.746. The van der Waals surface area contributed by atoms with Crippen LogP contribution in [0.2, 0.25) is 0 Å². The molecule has 1 heterocycles. The van der Waals surface area contributed by atoms with Crippen LogP contribution in [-0.2, 0) is 16.1 Å². The summed E-state index contributed by atoms with van der Waals surface area (Å²) in [6.07, 6.45) is 1.54. The third-order valence-electron chi connectivity index (χ3n) is 2.42. The molecule has 0 aromatic heterocycles. The number of hydrogen-bond acceptors (Lipinski definition) is 2. The number of ether oxygens (including phenoxy) is 1. The fourth-order valence-corrected chi connectivity index (χ4v) is 1.60. The molecule has 2 rings (SSSR count). The minimum Gasteiger partial charge on any atom is -0.499 e. The zero-order valence-electron chi connectivity index (χ0n) is 8.64. The molecule has 0 saturated carbocycles. The van der Waals surface area contributed by atoms with Crippen LogP contribution in [0.4, 0.5) is 0 Å². The second-order valence-corrected chi connectivity index (χ2v) is 3.49. The van der Waals surface area contributed by atoms with Crippen molar-refractivity contribution in [1.82, 2.24) is 4.90 Å². The molecule has 0 spiro atoms. The summed E-state index contributed by atoms with van der Waals surface area (Å²) in [5.74, 6) is 0.756. The lowest BCUT2D eigenvalue weighted by Gasteiger charge is -2.15. The number of carbonyl (C=O) groups is 1. The van der Waals surface area contributed by atoms with E-state index in [1.807, 2.05) is 30.3 Å². The van der Waals surface area contributed by atoms with E-state index in [-0.39, 0.29) is 5.91 Å². The van der Waals surface area contributed by atoms with E-state index >= 15 is 0 Å². The van der Waals surface area contributed by atoms with Gasteiger partial charge in [-0.25, -0.2) is 0 Å². The molecule has 1 aromatic carbocycles. The first-order valence-electron chi connectivity index (χ1n) is 4.87. The van der Waals surface area contributed by atoms with E-state index < -0.39 is 0 Å². The molecule has 0 unspecified atom stereocenters. The molecule has 78 valence electrons. The Morgan fingerprint density at radius 2 is 2.07 bits per heavy atom. The molecule has 1 aliphatic heterocycles. The normalized spacial score (nSPS) is 15.4. The predicted molar refractivity (Wildman–Crippen MR) is 57.0 cm³/mol. The SMILES string of the molecule is COC1=CC(=O)N(Cc2ccccc2)C1. The van der Waals surface area contributed by atoms with Crippen molar-refractivity contribution in [1.29, 1.82) is 0 Å². The van der Waals surface area contributed by atoms with Gasteiger partial charge in [0.25, 0.3) is 5.91 Å². The lowest BCUT2D eigenvalue weighted by molar-refractivity contribution is -0.125. The highest BCUT2D eigenvalue weighted by Crippen LogP contribution is 2.14. The Hall–Kier alpha value is -1.77. The van der Waals surface area contributed by atoms with E-state index in [0.29, 0.717) is 13.1 Å². The number of amides is 1. The van der Waals surface area contributed by atoms with Gasteiger partial charge in [-0.05, 0) is 5.56 Å². The first-order valence-corrected chi connectivity index (χ1v) is 4.87. The monoisotopic (exact) mass is 203 g/mol. The maximum absolute atomic E-state index is 11.5. The van der Waals surface area contributed by atoms with Gasteiger partial charge in [-0.15, -0.1) is 0 Å². The highest BCUT2D eigenvalue weighted by atomic mass is 16.5. The first kappa shape index (κ1) is 9.77. The largest absolute Gasteiger partial charge is 0.499 e. The van der Waals surface area contributed by atoms with Crippen molar-refractivity contribution in [2.75, 3.05) is 13.7 Å². The van der Waals surface area contributed by atoms with Gasteiger partial charge >= 0.3 is 0 Å². The van der Waals surface area contributed by atoms with Gasteiger partial charge in [0.05, 0.1) is 13.7 Å². The molecule has 1 aromatic rings. The number of carbonyl (C=O) groups excluding carboxylic acids is 1. The Kier molecular flexibility index (Phi) is 2.72. The smallest absolute Gasteiger partial charge is 0.250 e. The Bertz CT molecular complexity index is 384. The molecule has 1 amide bonds. The number of rotatable bonds is 3. The van der Waals surface area contributed by atoms with Gasteiger partial charge < -0.3 is 9.64 Å². The molecule has 3 nitrogen and oxygen atoms in total.